The topological polar surface area (TPSA) is 75.9 Å². The van der Waals surface area contributed by atoms with Crippen molar-refractivity contribution in [2.24, 2.45) is 5.84 Å². The molecule has 7 heteroatoms. The van der Waals surface area contributed by atoms with E-state index in [1.165, 1.54) is 0 Å². The van der Waals surface area contributed by atoms with Crippen molar-refractivity contribution < 1.29 is 0 Å². The monoisotopic (exact) mass is 369 g/mol. The molecule has 112 valence electrons. The number of hydrogen-bond donors (Lipinski definition) is 3. The molecule has 1 aromatic carbocycles. The van der Waals surface area contributed by atoms with Crippen LogP contribution < -0.4 is 16.6 Å². The number of nitrogen functional groups attached to an aromatic ring is 1. The van der Waals surface area contributed by atoms with Crippen LogP contribution in [-0.2, 0) is 6.42 Å². The molecule has 0 fully saturated rings. The summed E-state index contributed by atoms with van der Waals surface area (Å²) in [6.45, 7) is 5.85. The molecule has 0 bridgehead atoms. The highest BCUT2D eigenvalue weighted by Gasteiger charge is 2.12. The van der Waals surface area contributed by atoms with Crippen molar-refractivity contribution in [3.8, 4) is 0 Å². The molecule has 0 saturated carbocycles. The van der Waals surface area contributed by atoms with Gasteiger partial charge in [-0.2, -0.15) is 0 Å². The third-order valence-electron chi connectivity index (χ3n) is 3.15. The van der Waals surface area contributed by atoms with Crippen LogP contribution in [0.3, 0.4) is 0 Å². The van der Waals surface area contributed by atoms with Crippen molar-refractivity contribution in [2.75, 3.05) is 10.7 Å². The average molecular weight is 371 g/mol. The van der Waals surface area contributed by atoms with Crippen LogP contribution in [-0.4, -0.2) is 9.97 Å². The summed E-state index contributed by atoms with van der Waals surface area (Å²) in [5.41, 5.74) is 5.30. The van der Waals surface area contributed by atoms with Crippen LogP contribution in [0.25, 0.3) is 0 Å². The number of aromatic nitrogens is 2. The minimum atomic E-state index is 0.610. The molecule has 0 radical (unpaired) electrons. The molecule has 1 heterocycles. The highest BCUT2D eigenvalue weighted by molar-refractivity contribution is 9.10. The van der Waals surface area contributed by atoms with Crippen LogP contribution in [0, 0.1) is 13.8 Å². The largest absolute Gasteiger partial charge is 0.339 e. The minimum Gasteiger partial charge on any atom is -0.339 e. The summed E-state index contributed by atoms with van der Waals surface area (Å²) in [7, 11) is 0. The molecule has 21 heavy (non-hydrogen) atoms. The van der Waals surface area contributed by atoms with Gasteiger partial charge in [-0.15, -0.1) is 0 Å². The molecule has 2 rings (SSSR count). The van der Waals surface area contributed by atoms with Crippen LogP contribution in [0.15, 0.2) is 16.6 Å². The summed E-state index contributed by atoms with van der Waals surface area (Å²) >= 11 is 9.71. The molecule has 0 spiro atoms. The number of aryl methyl sites for hydroxylation is 2. The van der Waals surface area contributed by atoms with E-state index in [1.807, 2.05) is 32.9 Å². The fourth-order valence-electron chi connectivity index (χ4n) is 1.85. The van der Waals surface area contributed by atoms with Crippen LogP contribution >= 0.6 is 27.5 Å². The number of anilines is 3. The number of benzene rings is 1. The van der Waals surface area contributed by atoms with E-state index in [0.717, 1.165) is 27.7 Å². The molecule has 0 aliphatic rings. The number of nitrogens with zero attached hydrogens (tertiary/aromatic N) is 2. The van der Waals surface area contributed by atoms with E-state index in [9.17, 15) is 0 Å². The van der Waals surface area contributed by atoms with Gasteiger partial charge < -0.3 is 10.7 Å². The SMILES string of the molecule is CCc1nc(NN)c(C)c(Nc2cc(Cl)c(C)cc2Br)n1. The Labute approximate surface area is 137 Å². The van der Waals surface area contributed by atoms with Gasteiger partial charge in [0.25, 0.3) is 0 Å². The van der Waals surface area contributed by atoms with E-state index < -0.39 is 0 Å². The highest BCUT2D eigenvalue weighted by Crippen LogP contribution is 2.32. The fraction of sp³-hybridized carbons (Fsp3) is 0.286. The highest BCUT2D eigenvalue weighted by atomic mass is 79.9. The smallest absolute Gasteiger partial charge is 0.148 e. The quantitative estimate of drug-likeness (QED) is 0.558. The zero-order valence-electron chi connectivity index (χ0n) is 12.1. The average Bonchev–Trinajstić information content (AvgIpc) is 2.46. The second kappa shape index (κ2) is 6.60. The fourth-order valence-corrected chi connectivity index (χ4v) is 2.57. The van der Waals surface area contributed by atoms with Gasteiger partial charge in [-0.3, -0.25) is 0 Å². The number of hydrazine groups is 1. The first kappa shape index (κ1) is 16.0. The molecule has 0 aliphatic heterocycles. The van der Waals surface area contributed by atoms with Crippen LogP contribution in [0.4, 0.5) is 17.3 Å². The van der Waals surface area contributed by atoms with E-state index in [-0.39, 0.29) is 0 Å². The van der Waals surface area contributed by atoms with E-state index in [1.54, 1.807) is 0 Å². The Morgan fingerprint density at radius 3 is 2.52 bits per heavy atom. The van der Waals surface area contributed by atoms with Gasteiger partial charge in [0.15, 0.2) is 0 Å². The van der Waals surface area contributed by atoms with Crippen LogP contribution in [0.5, 0.6) is 0 Å². The molecular formula is C14H17BrClN5. The number of halogens is 2. The van der Waals surface area contributed by atoms with Gasteiger partial charge in [0.05, 0.1) is 5.69 Å². The number of rotatable bonds is 4. The number of nitrogens with two attached hydrogens (primary N) is 1. The van der Waals surface area contributed by atoms with Crippen molar-refractivity contribution in [1.82, 2.24) is 9.97 Å². The van der Waals surface area contributed by atoms with E-state index in [4.69, 9.17) is 17.4 Å². The Morgan fingerprint density at radius 1 is 1.24 bits per heavy atom. The lowest BCUT2D eigenvalue weighted by molar-refractivity contribution is 0.932. The van der Waals surface area contributed by atoms with Gasteiger partial charge in [-0.05, 0) is 47.5 Å². The van der Waals surface area contributed by atoms with E-state index in [0.29, 0.717) is 22.5 Å². The Morgan fingerprint density at radius 2 is 1.90 bits per heavy atom. The third kappa shape index (κ3) is 3.45. The second-order valence-corrected chi connectivity index (χ2v) is 5.93. The molecule has 5 nitrogen and oxygen atoms in total. The van der Waals surface area contributed by atoms with Gasteiger partial charge in [-0.25, -0.2) is 15.8 Å². The maximum atomic E-state index is 6.18. The predicted octanol–water partition coefficient (Wildman–Crippen LogP) is 4.10. The lowest BCUT2D eigenvalue weighted by atomic mass is 10.2. The Bertz CT molecular complexity index is 675. The second-order valence-electron chi connectivity index (χ2n) is 4.67. The predicted molar refractivity (Wildman–Crippen MR) is 91.1 cm³/mol. The molecule has 0 atom stereocenters. The number of nitrogens with one attached hydrogen (secondary N) is 2. The van der Waals surface area contributed by atoms with Gasteiger partial charge >= 0.3 is 0 Å². The van der Waals surface area contributed by atoms with Crippen molar-refractivity contribution in [1.29, 1.82) is 0 Å². The normalized spacial score (nSPS) is 10.6. The lowest BCUT2D eigenvalue weighted by Gasteiger charge is -2.15. The van der Waals surface area contributed by atoms with Crippen molar-refractivity contribution >= 4 is 44.9 Å². The van der Waals surface area contributed by atoms with Crippen LogP contribution in [0.1, 0.15) is 23.9 Å². The summed E-state index contributed by atoms with van der Waals surface area (Å²) in [6.07, 6.45) is 0.722. The third-order valence-corrected chi connectivity index (χ3v) is 4.21. The summed E-state index contributed by atoms with van der Waals surface area (Å²) in [6, 6.07) is 3.83. The Kier molecular flexibility index (Phi) is 5.03. The number of hydrogen-bond acceptors (Lipinski definition) is 5. The molecule has 1 aromatic heterocycles. The zero-order valence-corrected chi connectivity index (χ0v) is 14.4. The van der Waals surface area contributed by atoms with Crippen molar-refractivity contribution in [3.63, 3.8) is 0 Å². The maximum Gasteiger partial charge on any atom is 0.148 e. The molecule has 4 N–H and O–H groups in total. The zero-order chi connectivity index (χ0) is 15.6. The lowest BCUT2D eigenvalue weighted by Crippen LogP contribution is -2.14. The van der Waals surface area contributed by atoms with Gasteiger partial charge in [-0.1, -0.05) is 18.5 Å². The van der Waals surface area contributed by atoms with Crippen molar-refractivity contribution in [2.45, 2.75) is 27.2 Å². The summed E-state index contributed by atoms with van der Waals surface area (Å²) in [5.74, 6) is 7.54. The van der Waals surface area contributed by atoms with E-state index >= 15 is 0 Å². The maximum absolute atomic E-state index is 6.18. The van der Waals surface area contributed by atoms with Gasteiger partial charge in [0.2, 0.25) is 0 Å². The van der Waals surface area contributed by atoms with Gasteiger partial charge in [0, 0.05) is 21.5 Å². The molecular weight excluding hydrogens is 354 g/mol. The molecule has 0 aliphatic carbocycles. The molecule has 0 saturated heterocycles. The van der Waals surface area contributed by atoms with Crippen LogP contribution in [0.2, 0.25) is 5.02 Å². The molecule has 0 amide bonds. The standard InChI is InChI=1S/C14H17BrClN5/c1-4-12-19-13(8(3)14(20-12)21-17)18-11-6-10(16)7(2)5-9(11)15/h5-6H,4,17H2,1-3H3,(H2,18,19,20,21). The summed E-state index contributed by atoms with van der Waals surface area (Å²) in [5, 5.41) is 3.97. The first-order valence-corrected chi connectivity index (χ1v) is 7.70. The van der Waals surface area contributed by atoms with Gasteiger partial charge in [0.1, 0.15) is 17.5 Å². The summed E-state index contributed by atoms with van der Waals surface area (Å²) in [4.78, 5) is 8.85. The summed E-state index contributed by atoms with van der Waals surface area (Å²) < 4.78 is 0.919. The first-order valence-electron chi connectivity index (χ1n) is 6.53. The Hall–Kier alpha value is -1.37. The molecule has 0 unspecified atom stereocenters. The first-order chi connectivity index (χ1) is 9.96. The van der Waals surface area contributed by atoms with Crippen molar-refractivity contribution in [3.05, 3.63) is 38.6 Å². The molecule has 2 aromatic rings. The van der Waals surface area contributed by atoms with E-state index in [2.05, 4.69) is 36.6 Å². The Balaban J connectivity index is 2.46. The minimum absolute atomic E-state index is 0.610.